The van der Waals surface area contributed by atoms with E-state index in [0.717, 1.165) is 17.7 Å². The van der Waals surface area contributed by atoms with Gasteiger partial charge in [-0.2, -0.15) is 4.31 Å². The van der Waals surface area contributed by atoms with Crippen LogP contribution >= 0.6 is 0 Å². The van der Waals surface area contributed by atoms with Gasteiger partial charge in [0.1, 0.15) is 11.5 Å². The number of hydrogen-bond donors (Lipinski definition) is 1. The Morgan fingerprint density at radius 2 is 1.73 bits per heavy atom. The van der Waals surface area contributed by atoms with Crippen molar-refractivity contribution < 1.29 is 32.2 Å². The quantitative estimate of drug-likeness (QED) is 0.446. The van der Waals surface area contributed by atoms with Gasteiger partial charge in [-0.15, -0.1) is 0 Å². The molecule has 2 aliphatic heterocycles. The number of carbonyl (C=O) groups is 2. The summed E-state index contributed by atoms with van der Waals surface area (Å²) in [6, 6.07) is 17.1. The largest absolute Gasteiger partial charge is 0.497 e. The third-order valence-corrected chi connectivity index (χ3v) is 8.85. The number of nitrogens with one attached hydrogen (secondary N) is 1. The highest BCUT2D eigenvalue weighted by Gasteiger charge is 2.28. The van der Waals surface area contributed by atoms with Gasteiger partial charge in [0.15, 0.2) is 6.61 Å². The monoisotopic (exact) mass is 565 g/mol. The Balaban J connectivity index is 1.21. The molecular formula is C29H31N3O7S. The number of hydrogen-bond acceptors (Lipinski definition) is 7. The summed E-state index contributed by atoms with van der Waals surface area (Å²) in [7, 11) is -2.05. The minimum absolute atomic E-state index is 0.122. The van der Waals surface area contributed by atoms with Crippen molar-refractivity contribution in [2.24, 2.45) is 0 Å². The van der Waals surface area contributed by atoms with E-state index in [1.165, 1.54) is 10.4 Å². The summed E-state index contributed by atoms with van der Waals surface area (Å²) in [5, 5.41) is 2.82. The maximum absolute atomic E-state index is 13.1. The normalized spacial score (nSPS) is 15.4. The first-order valence-corrected chi connectivity index (χ1v) is 14.4. The van der Waals surface area contributed by atoms with Crippen molar-refractivity contribution in [1.29, 1.82) is 0 Å². The van der Waals surface area contributed by atoms with Crippen LogP contribution in [0.2, 0.25) is 0 Å². The molecular weight excluding hydrogens is 534 g/mol. The van der Waals surface area contributed by atoms with E-state index in [0.29, 0.717) is 61.2 Å². The van der Waals surface area contributed by atoms with Gasteiger partial charge in [0, 0.05) is 36.6 Å². The van der Waals surface area contributed by atoms with Crippen LogP contribution < -0.4 is 19.7 Å². The zero-order valence-corrected chi connectivity index (χ0v) is 23.2. The molecule has 2 amide bonds. The van der Waals surface area contributed by atoms with E-state index in [9.17, 15) is 18.0 Å². The summed E-state index contributed by atoms with van der Waals surface area (Å²) >= 11 is 0. The molecule has 1 saturated heterocycles. The van der Waals surface area contributed by atoms with Crippen LogP contribution in [0.4, 0.5) is 11.4 Å². The highest BCUT2D eigenvalue weighted by molar-refractivity contribution is 7.89. The van der Waals surface area contributed by atoms with Crippen LogP contribution in [0.3, 0.4) is 0 Å². The van der Waals surface area contributed by atoms with Crippen LogP contribution in [0.25, 0.3) is 0 Å². The van der Waals surface area contributed by atoms with Crippen LogP contribution in [0.5, 0.6) is 11.5 Å². The number of ether oxygens (including phenoxy) is 3. The Morgan fingerprint density at radius 1 is 0.975 bits per heavy atom. The highest BCUT2D eigenvalue weighted by atomic mass is 32.2. The Morgan fingerprint density at radius 3 is 2.42 bits per heavy atom. The Kier molecular flexibility index (Phi) is 8.06. The standard InChI is InChI=1S/C29H31N3O7S/c1-20-17-25(40(35,36)31-13-15-38-16-14-31)9-10-27(20)39-19-28(33)30-23-6-3-21-11-12-32(26(21)18-23)29(34)22-4-7-24(37-2)8-5-22/h3-10,17-18H,11-16,19H2,1-2H3,(H,30,33). The van der Waals surface area contributed by atoms with Crippen LogP contribution in [0.15, 0.2) is 65.6 Å². The van der Waals surface area contributed by atoms with E-state index in [2.05, 4.69) is 5.32 Å². The molecule has 2 heterocycles. The fraction of sp³-hybridized carbons (Fsp3) is 0.310. The van der Waals surface area contributed by atoms with E-state index in [1.807, 2.05) is 6.07 Å². The molecule has 0 saturated carbocycles. The lowest BCUT2D eigenvalue weighted by atomic mass is 10.1. The van der Waals surface area contributed by atoms with Crippen molar-refractivity contribution in [2.75, 3.05) is 56.8 Å². The number of methoxy groups -OCH3 is 1. The van der Waals surface area contributed by atoms with E-state index < -0.39 is 10.0 Å². The molecule has 210 valence electrons. The maximum atomic E-state index is 13.1. The average molecular weight is 566 g/mol. The van der Waals surface area contributed by atoms with Gasteiger partial charge in [-0.05, 0) is 79.1 Å². The summed E-state index contributed by atoms with van der Waals surface area (Å²) in [5.74, 6) is 0.592. The predicted octanol–water partition coefficient (Wildman–Crippen LogP) is 3.24. The van der Waals surface area contributed by atoms with Crippen molar-refractivity contribution in [3.8, 4) is 11.5 Å². The van der Waals surface area contributed by atoms with Gasteiger partial charge in [0.05, 0.1) is 25.2 Å². The van der Waals surface area contributed by atoms with Crippen molar-refractivity contribution in [3.05, 3.63) is 77.4 Å². The molecule has 2 aliphatic rings. The first kappa shape index (κ1) is 27.6. The first-order valence-electron chi connectivity index (χ1n) is 13.0. The summed E-state index contributed by atoms with van der Waals surface area (Å²) in [6.45, 7) is 3.40. The maximum Gasteiger partial charge on any atom is 0.262 e. The molecule has 40 heavy (non-hydrogen) atoms. The van der Waals surface area contributed by atoms with Gasteiger partial charge in [-0.1, -0.05) is 6.07 Å². The highest BCUT2D eigenvalue weighted by Crippen LogP contribution is 2.32. The van der Waals surface area contributed by atoms with Crippen molar-refractivity contribution >= 4 is 33.2 Å². The SMILES string of the molecule is COc1ccc(C(=O)N2CCc3ccc(NC(=O)COc4ccc(S(=O)(=O)N5CCOCC5)cc4C)cc32)cc1. The number of anilines is 2. The van der Waals surface area contributed by atoms with Crippen LogP contribution in [-0.4, -0.2) is 71.1 Å². The van der Waals surface area contributed by atoms with Gasteiger partial charge in [-0.25, -0.2) is 8.42 Å². The third kappa shape index (κ3) is 5.81. The Labute approximate surface area is 233 Å². The molecule has 5 rings (SSSR count). The zero-order valence-electron chi connectivity index (χ0n) is 22.4. The second-order valence-corrected chi connectivity index (χ2v) is 11.5. The van der Waals surface area contributed by atoms with E-state index in [1.54, 1.807) is 67.5 Å². The van der Waals surface area contributed by atoms with E-state index in [-0.39, 0.29) is 23.3 Å². The molecule has 0 unspecified atom stereocenters. The smallest absolute Gasteiger partial charge is 0.262 e. The molecule has 0 bridgehead atoms. The molecule has 0 spiro atoms. The fourth-order valence-corrected chi connectivity index (χ4v) is 6.27. The van der Waals surface area contributed by atoms with Crippen molar-refractivity contribution in [3.63, 3.8) is 0 Å². The zero-order chi connectivity index (χ0) is 28.3. The minimum Gasteiger partial charge on any atom is -0.497 e. The molecule has 10 nitrogen and oxygen atoms in total. The summed E-state index contributed by atoms with van der Waals surface area (Å²) in [4.78, 5) is 27.7. The lowest BCUT2D eigenvalue weighted by molar-refractivity contribution is -0.118. The molecule has 11 heteroatoms. The molecule has 3 aromatic carbocycles. The van der Waals surface area contributed by atoms with E-state index >= 15 is 0 Å². The number of sulfonamides is 1. The number of carbonyl (C=O) groups excluding carboxylic acids is 2. The Hall–Kier alpha value is -3.93. The second-order valence-electron chi connectivity index (χ2n) is 9.56. The third-order valence-electron chi connectivity index (χ3n) is 6.96. The summed E-state index contributed by atoms with van der Waals surface area (Å²) in [5.41, 5.74) is 3.49. The summed E-state index contributed by atoms with van der Waals surface area (Å²) in [6.07, 6.45) is 0.727. The lowest BCUT2D eigenvalue weighted by Crippen LogP contribution is -2.40. The van der Waals surface area contributed by atoms with Crippen molar-refractivity contribution in [1.82, 2.24) is 4.31 Å². The topological polar surface area (TPSA) is 114 Å². The lowest BCUT2D eigenvalue weighted by Gasteiger charge is -2.26. The Bertz CT molecular complexity index is 1520. The van der Waals surface area contributed by atoms with Gasteiger partial charge in [0.2, 0.25) is 10.0 Å². The number of nitrogens with zero attached hydrogens (tertiary/aromatic N) is 2. The van der Waals surface area contributed by atoms with Gasteiger partial charge in [-0.3, -0.25) is 9.59 Å². The molecule has 0 aromatic heterocycles. The van der Waals surface area contributed by atoms with Crippen molar-refractivity contribution in [2.45, 2.75) is 18.2 Å². The van der Waals surface area contributed by atoms with Gasteiger partial charge >= 0.3 is 0 Å². The summed E-state index contributed by atoms with van der Waals surface area (Å²) < 4.78 is 43.3. The predicted molar refractivity (Wildman–Crippen MR) is 150 cm³/mol. The molecule has 3 aromatic rings. The number of fused-ring (bicyclic) bond motifs is 1. The minimum atomic E-state index is -3.63. The number of rotatable bonds is 8. The average Bonchev–Trinajstić information content (AvgIpc) is 3.40. The molecule has 0 aliphatic carbocycles. The van der Waals surface area contributed by atoms with Crippen LogP contribution in [-0.2, 0) is 26.0 Å². The fourth-order valence-electron chi connectivity index (χ4n) is 4.78. The number of benzene rings is 3. The molecule has 1 N–H and O–H groups in total. The molecule has 0 atom stereocenters. The molecule has 1 fully saturated rings. The van der Waals surface area contributed by atoms with Crippen LogP contribution in [0.1, 0.15) is 21.5 Å². The second kappa shape index (κ2) is 11.7. The van der Waals surface area contributed by atoms with E-state index in [4.69, 9.17) is 14.2 Å². The molecule has 0 radical (unpaired) electrons. The number of aryl methyl sites for hydroxylation is 1. The number of amides is 2. The first-order chi connectivity index (χ1) is 19.3. The van der Waals surface area contributed by atoms with Crippen LogP contribution in [0, 0.1) is 6.92 Å². The number of morpholine rings is 1. The van der Waals surface area contributed by atoms with Gasteiger partial charge in [0.25, 0.3) is 11.8 Å². The van der Waals surface area contributed by atoms with Gasteiger partial charge < -0.3 is 24.4 Å².